The van der Waals surface area contributed by atoms with E-state index >= 15 is 0 Å². The summed E-state index contributed by atoms with van der Waals surface area (Å²) in [4.78, 5) is 0. The second-order valence-corrected chi connectivity index (χ2v) is 5.57. The highest BCUT2D eigenvalue weighted by Gasteiger charge is 2.45. The molecule has 2 rings (SSSR count). The summed E-state index contributed by atoms with van der Waals surface area (Å²) in [5.41, 5.74) is 0. The first-order chi connectivity index (χ1) is 10.4. The predicted octanol–water partition coefficient (Wildman–Crippen LogP) is -5.14. The lowest BCUT2D eigenvalue weighted by Crippen LogP contribution is -2.67. The van der Waals surface area contributed by atoms with Gasteiger partial charge in [0.2, 0.25) is 0 Å². The second-order valence-electron chi connectivity index (χ2n) is 5.57. The van der Waals surface area contributed by atoms with Gasteiger partial charge in [0.05, 0.1) is 44.1 Å². The molecule has 0 saturated carbocycles. The zero-order chi connectivity index (χ0) is 16.4. The van der Waals surface area contributed by atoms with Crippen LogP contribution in [0.2, 0.25) is 0 Å². The molecular formula is C12H23NO9. The SMILES string of the molecule is OC[C@H]1N[C@H](CO[C@@H]2O[C@H](CO)[C@@H](O)[C@H]2O)[C@H](O)[C@@H](O)[C@@H]1O. The largest absolute Gasteiger partial charge is 0.395 e. The van der Waals surface area contributed by atoms with Gasteiger partial charge in [-0.25, -0.2) is 0 Å². The van der Waals surface area contributed by atoms with E-state index in [1.807, 2.05) is 0 Å². The Labute approximate surface area is 126 Å². The van der Waals surface area contributed by atoms with E-state index in [0.717, 1.165) is 0 Å². The molecular weight excluding hydrogens is 302 g/mol. The molecule has 0 aromatic rings. The Morgan fingerprint density at radius 3 is 1.95 bits per heavy atom. The zero-order valence-electron chi connectivity index (χ0n) is 11.8. The van der Waals surface area contributed by atoms with Gasteiger partial charge in [0.1, 0.15) is 24.4 Å². The molecule has 0 amide bonds. The molecule has 10 nitrogen and oxygen atoms in total. The monoisotopic (exact) mass is 325 g/mol. The first kappa shape index (κ1) is 17.9. The van der Waals surface area contributed by atoms with Crippen molar-refractivity contribution in [3.8, 4) is 0 Å². The third-order valence-corrected chi connectivity index (χ3v) is 4.09. The van der Waals surface area contributed by atoms with Gasteiger partial charge >= 0.3 is 0 Å². The van der Waals surface area contributed by atoms with Crippen molar-refractivity contribution < 1.29 is 45.2 Å². The average Bonchev–Trinajstić information content (AvgIpc) is 2.79. The summed E-state index contributed by atoms with van der Waals surface area (Å²) in [5.74, 6) is 0. The lowest BCUT2D eigenvalue weighted by atomic mass is 9.91. The van der Waals surface area contributed by atoms with Gasteiger partial charge in [0, 0.05) is 0 Å². The Kier molecular flexibility index (Phi) is 6.07. The van der Waals surface area contributed by atoms with Crippen molar-refractivity contribution in [2.24, 2.45) is 0 Å². The minimum absolute atomic E-state index is 0.214. The van der Waals surface area contributed by atoms with Gasteiger partial charge < -0.3 is 50.5 Å². The van der Waals surface area contributed by atoms with Crippen LogP contribution in [0.5, 0.6) is 0 Å². The van der Waals surface area contributed by atoms with Crippen LogP contribution in [0.3, 0.4) is 0 Å². The maximum absolute atomic E-state index is 9.88. The van der Waals surface area contributed by atoms with E-state index in [4.69, 9.17) is 19.7 Å². The third-order valence-electron chi connectivity index (χ3n) is 4.09. The van der Waals surface area contributed by atoms with Gasteiger partial charge in [0.15, 0.2) is 6.29 Å². The number of aliphatic hydroxyl groups excluding tert-OH is 7. The highest BCUT2D eigenvalue weighted by molar-refractivity contribution is 4.98. The molecule has 2 aliphatic heterocycles. The van der Waals surface area contributed by atoms with Gasteiger partial charge in [-0.2, -0.15) is 0 Å². The number of hydrogen-bond acceptors (Lipinski definition) is 10. The predicted molar refractivity (Wildman–Crippen MR) is 69.5 cm³/mol. The number of piperidine rings is 1. The first-order valence-electron chi connectivity index (χ1n) is 7.05. The molecule has 0 aromatic heterocycles. The van der Waals surface area contributed by atoms with Crippen LogP contribution in [-0.2, 0) is 9.47 Å². The average molecular weight is 325 g/mol. The maximum atomic E-state index is 9.88. The van der Waals surface area contributed by atoms with Crippen LogP contribution in [0, 0.1) is 0 Å². The highest BCUT2D eigenvalue weighted by atomic mass is 16.7. The van der Waals surface area contributed by atoms with Gasteiger partial charge in [-0.3, -0.25) is 0 Å². The fourth-order valence-corrected chi connectivity index (χ4v) is 2.66. The fraction of sp³-hybridized carbons (Fsp3) is 1.00. The summed E-state index contributed by atoms with van der Waals surface area (Å²) in [6.07, 6.45) is -8.96. The topological polar surface area (TPSA) is 172 Å². The summed E-state index contributed by atoms with van der Waals surface area (Å²) in [6, 6.07) is -1.66. The van der Waals surface area contributed by atoms with Crippen molar-refractivity contribution >= 4 is 0 Å². The number of hydrogen-bond donors (Lipinski definition) is 8. The van der Waals surface area contributed by atoms with Crippen molar-refractivity contribution in [3.63, 3.8) is 0 Å². The maximum Gasteiger partial charge on any atom is 0.186 e. The van der Waals surface area contributed by atoms with E-state index in [0.29, 0.717) is 0 Å². The second kappa shape index (κ2) is 7.45. The van der Waals surface area contributed by atoms with Crippen LogP contribution in [0.15, 0.2) is 0 Å². The zero-order valence-corrected chi connectivity index (χ0v) is 11.8. The normalized spacial score (nSPS) is 49.5. The molecule has 8 N–H and O–H groups in total. The summed E-state index contributed by atoms with van der Waals surface area (Å²) in [7, 11) is 0. The molecule has 9 atom stereocenters. The van der Waals surface area contributed by atoms with E-state index in [-0.39, 0.29) is 6.61 Å². The molecule has 10 heteroatoms. The highest BCUT2D eigenvalue weighted by Crippen LogP contribution is 2.23. The van der Waals surface area contributed by atoms with Crippen molar-refractivity contribution in [1.29, 1.82) is 0 Å². The number of nitrogens with one attached hydrogen (secondary N) is 1. The van der Waals surface area contributed by atoms with E-state index in [9.17, 15) is 25.5 Å². The Balaban J connectivity index is 1.91. The van der Waals surface area contributed by atoms with E-state index in [1.165, 1.54) is 0 Å². The lowest BCUT2D eigenvalue weighted by Gasteiger charge is -2.41. The van der Waals surface area contributed by atoms with Crippen LogP contribution in [0.25, 0.3) is 0 Å². The van der Waals surface area contributed by atoms with Crippen LogP contribution in [0.4, 0.5) is 0 Å². The summed E-state index contributed by atoms with van der Waals surface area (Å²) in [6.45, 7) is -1.15. The first-order valence-corrected chi connectivity index (χ1v) is 7.05. The summed E-state index contributed by atoms with van der Waals surface area (Å²) in [5, 5.41) is 69.4. The summed E-state index contributed by atoms with van der Waals surface area (Å²) >= 11 is 0. The Bertz CT molecular complexity index is 357. The molecule has 2 saturated heterocycles. The lowest BCUT2D eigenvalue weighted by molar-refractivity contribution is -0.189. The van der Waals surface area contributed by atoms with Gasteiger partial charge in [0.25, 0.3) is 0 Å². The van der Waals surface area contributed by atoms with Crippen LogP contribution < -0.4 is 5.32 Å². The van der Waals surface area contributed by atoms with Crippen LogP contribution in [0.1, 0.15) is 0 Å². The third kappa shape index (κ3) is 3.41. The molecule has 2 fully saturated rings. The molecule has 22 heavy (non-hydrogen) atoms. The minimum atomic E-state index is -1.46. The molecule has 2 aliphatic rings. The van der Waals surface area contributed by atoms with Gasteiger partial charge in [-0.05, 0) is 0 Å². The quantitative estimate of drug-likeness (QED) is 0.244. The Morgan fingerprint density at radius 2 is 1.41 bits per heavy atom. The molecule has 0 spiro atoms. The molecule has 2 heterocycles. The fourth-order valence-electron chi connectivity index (χ4n) is 2.66. The van der Waals surface area contributed by atoms with Gasteiger partial charge in [-0.15, -0.1) is 0 Å². The number of ether oxygens (including phenoxy) is 2. The van der Waals surface area contributed by atoms with Crippen molar-refractivity contribution in [2.45, 2.75) is 55.0 Å². The smallest absolute Gasteiger partial charge is 0.186 e. The van der Waals surface area contributed by atoms with E-state index in [1.54, 1.807) is 0 Å². The minimum Gasteiger partial charge on any atom is -0.395 e. The van der Waals surface area contributed by atoms with Crippen molar-refractivity contribution in [3.05, 3.63) is 0 Å². The summed E-state index contributed by atoms with van der Waals surface area (Å²) < 4.78 is 10.4. The Hall–Kier alpha value is -0.400. The van der Waals surface area contributed by atoms with Crippen molar-refractivity contribution in [1.82, 2.24) is 5.32 Å². The number of rotatable bonds is 5. The molecule has 0 aromatic carbocycles. The molecule has 0 radical (unpaired) electrons. The molecule has 0 bridgehead atoms. The molecule has 0 unspecified atom stereocenters. The standard InChI is InChI=1S/C12H23NO9/c14-1-4-7(16)10(19)8(17)5(13-4)3-21-12-11(20)9(18)6(2-15)22-12/h4-20H,1-3H2/t4-,5-,6-,7-,8+,9-,10+,11-,12-/m1/s1. The van der Waals surface area contributed by atoms with Gasteiger partial charge in [-0.1, -0.05) is 0 Å². The van der Waals surface area contributed by atoms with E-state index < -0.39 is 68.2 Å². The Morgan fingerprint density at radius 1 is 0.773 bits per heavy atom. The number of aliphatic hydroxyl groups is 7. The van der Waals surface area contributed by atoms with E-state index in [2.05, 4.69) is 5.32 Å². The molecule has 0 aliphatic carbocycles. The van der Waals surface area contributed by atoms with Crippen LogP contribution >= 0.6 is 0 Å². The molecule has 130 valence electrons. The van der Waals surface area contributed by atoms with Crippen LogP contribution in [-0.4, -0.2) is 111 Å². The van der Waals surface area contributed by atoms with Crippen molar-refractivity contribution in [2.75, 3.05) is 19.8 Å².